The molecule has 0 aromatic carbocycles. The first-order chi connectivity index (χ1) is 6.18. The number of hydrogen-bond donors (Lipinski definition) is 1. The fourth-order valence-corrected chi connectivity index (χ4v) is 4.02. The maximum atomic E-state index is 3.75. The lowest BCUT2D eigenvalue weighted by atomic mass is 9.81. The van der Waals surface area contributed by atoms with Crippen LogP contribution in [0.1, 0.15) is 46.0 Å². The second-order valence-corrected chi connectivity index (χ2v) is 6.51. The normalized spacial score (nSPS) is 41.5. The Morgan fingerprint density at radius 3 is 2.69 bits per heavy atom. The Morgan fingerprint density at radius 2 is 2.15 bits per heavy atom. The Bertz CT molecular complexity index is 179. The van der Waals surface area contributed by atoms with Crippen LogP contribution in [0.4, 0.5) is 0 Å². The molecule has 1 saturated carbocycles. The van der Waals surface area contributed by atoms with Gasteiger partial charge in [-0.1, -0.05) is 19.3 Å². The van der Waals surface area contributed by atoms with Crippen molar-refractivity contribution in [3.8, 4) is 0 Å². The summed E-state index contributed by atoms with van der Waals surface area (Å²) in [5, 5.41) is 3.75. The van der Waals surface area contributed by atoms with Crippen LogP contribution < -0.4 is 5.32 Å². The molecule has 13 heavy (non-hydrogen) atoms. The Kier molecular flexibility index (Phi) is 2.89. The molecule has 0 spiro atoms. The van der Waals surface area contributed by atoms with Crippen LogP contribution in [0.25, 0.3) is 0 Å². The van der Waals surface area contributed by atoms with Gasteiger partial charge in [-0.2, -0.15) is 0 Å². The molecule has 1 N–H and O–H groups in total. The zero-order valence-electron chi connectivity index (χ0n) is 8.81. The van der Waals surface area contributed by atoms with Crippen LogP contribution in [-0.2, 0) is 0 Å². The van der Waals surface area contributed by atoms with E-state index in [0.29, 0.717) is 4.87 Å². The predicted octanol–water partition coefficient (Wildman–Crippen LogP) is 3.01. The van der Waals surface area contributed by atoms with Crippen LogP contribution in [0.15, 0.2) is 0 Å². The van der Waals surface area contributed by atoms with Crippen molar-refractivity contribution in [2.75, 3.05) is 5.75 Å². The number of hydrogen-bond acceptors (Lipinski definition) is 2. The predicted molar refractivity (Wildman–Crippen MR) is 60.0 cm³/mol. The van der Waals surface area contributed by atoms with Crippen molar-refractivity contribution >= 4 is 11.8 Å². The highest BCUT2D eigenvalue weighted by Gasteiger charge is 2.34. The maximum Gasteiger partial charge on any atom is 0.0621 e. The van der Waals surface area contributed by atoms with Gasteiger partial charge in [0.25, 0.3) is 0 Å². The molecule has 0 bridgehead atoms. The first-order valence-electron chi connectivity index (χ1n) is 5.60. The molecule has 2 fully saturated rings. The molecular weight excluding hydrogens is 178 g/mol. The van der Waals surface area contributed by atoms with Gasteiger partial charge in [0.1, 0.15) is 0 Å². The van der Waals surface area contributed by atoms with E-state index in [1.165, 1.54) is 37.9 Å². The summed E-state index contributed by atoms with van der Waals surface area (Å²) in [5.41, 5.74) is 0. The van der Waals surface area contributed by atoms with Gasteiger partial charge >= 0.3 is 0 Å². The average molecular weight is 199 g/mol. The molecule has 1 aliphatic carbocycles. The molecule has 2 heteroatoms. The molecular formula is C11H21NS. The fraction of sp³-hybridized carbons (Fsp3) is 1.00. The lowest BCUT2D eigenvalue weighted by Crippen LogP contribution is -2.49. The van der Waals surface area contributed by atoms with Crippen molar-refractivity contribution in [1.29, 1.82) is 0 Å². The second-order valence-electron chi connectivity index (χ2n) is 4.91. The minimum atomic E-state index is 0.392. The van der Waals surface area contributed by atoms with E-state index in [-0.39, 0.29) is 0 Å². The third kappa shape index (κ3) is 2.41. The molecule has 1 nitrogen and oxygen atoms in total. The van der Waals surface area contributed by atoms with Gasteiger partial charge < -0.3 is 5.32 Å². The molecule has 2 unspecified atom stereocenters. The zero-order chi connectivity index (χ0) is 9.31. The van der Waals surface area contributed by atoms with Gasteiger partial charge in [0.15, 0.2) is 0 Å². The molecule has 0 amide bonds. The second kappa shape index (κ2) is 3.82. The van der Waals surface area contributed by atoms with E-state index in [1.54, 1.807) is 0 Å². The first-order valence-corrected chi connectivity index (χ1v) is 6.58. The SMILES string of the molecule is CC1CCSC(C)(CC2CCC2)N1. The van der Waals surface area contributed by atoms with E-state index in [9.17, 15) is 0 Å². The minimum absolute atomic E-state index is 0.392. The molecule has 0 aromatic rings. The molecule has 1 saturated heterocycles. The summed E-state index contributed by atoms with van der Waals surface area (Å²) in [6.07, 6.45) is 7.16. The summed E-state index contributed by atoms with van der Waals surface area (Å²) in [6.45, 7) is 4.71. The number of thioether (sulfide) groups is 1. The maximum absolute atomic E-state index is 3.75. The fourth-order valence-electron chi connectivity index (χ4n) is 2.46. The quantitative estimate of drug-likeness (QED) is 0.733. The lowest BCUT2D eigenvalue weighted by Gasteiger charge is -2.42. The van der Waals surface area contributed by atoms with Crippen molar-refractivity contribution < 1.29 is 0 Å². The molecule has 0 radical (unpaired) electrons. The first kappa shape index (κ1) is 9.85. The summed E-state index contributed by atoms with van der Waals surface area (Å²) in [6, 6.07) is 0.728. The van der Waals surface area contributed by atoms with Crippen molar-refractivity contribution in [3.63, 3.8) is 0 Å². The van der Waals surface area contributed by atoms with Crippen LogP contribution in [0.2, 0.25) is 0 Å². The Balaban J connectivity index is 1.85. The van der Waals surface area contributed by atoms with Gasteiger partial charge in [-0.15, -0.1) is 11.8 Å². The van der Waals surface area contributed by atoms with Gasteiger partial charge in [0, 0.05) is 6.04 Å². The van der Waals surface area contributed by atoms with Gasteiger partial charge in [-0.05, 0) is 38.4 Å². The van der Waals surface area contributed by atoms with Crippen molar-refractivity contribution in [1.82, 2.24) is 5.32 Å². The number of nitrogens with one attached hydrogen (secondary N) is 1. The Hall–Kier alpha value is 0.310. The van der Waals surface area contributed by atoms with Crippen LogP contribution in [0, 0.1) is 5.92 Å². The number of rotatable bonds is 2. The minimum Gasteiger partial charge on any atom is -0.300 e. The van der Waals surface area contributed by atoms with Crippen molar-refractivity contribution in [3.05, 3.63) is 0 Å². The van der Waals surface area contributed by atoms with Gasteiger partial charge in [0.2, 0.25) is 0 Å². The van der Waals surface area contributed by atoms with Gasteiger partial charge in [0.05, 0.1) is 4.87 Å². The highest BCUT2D eigenvalue weighted by Crippen LogP contribution is 2.40. The Morgan fingerprint density at radius 1 is 1.38 bits per heavy atom. The van der Waals surface area contributed by atoms with Crippen molar-refractivity contribution in [2.45, 2.75) is 56.9 Å². The standard InChI is InChI=1S/C11H21NS/c1-9-6-7-13-11(2,12-9)8-10-4-3-5-10/h9-10,12H,3-8H2,1-2H3. The molecule has 2 aliphatic rings. The molecule has 1 heterocycles. The highest BCUT2D eigenvalue weighted by atomic mass is 32.2. The van der Waals surface area contributed by atoms with Crippen LogP contribution in [0.3, 0.4) is 0 Å². The summed E-state index contributed by atoms with van der Waals surface area (Å²) in [4.78, 5) is 0.392. The van der Waals surface area contributed by atoms with Crippen LogP contribution in [0.5, 0.6) is 0 Å². The monoisotopic (exact) mass is 199 g/mol. The van der Waals surface area contributed by atoms with E-state index < -0.39 is 0 Å². The van der Waals surface area contributed by atoms with Crippen LogP contribution in [-0.4, -0.2) is 16.7 Å². The third-order valence-electron chi connectivity index (χ3n) is 3.43. The largest absolute Gasteiger partial charge is 0.300 e. The summed E-state index contributed by atoms with van der Waals surface area (Å²) < 4.78 is 0. The van der Waals surface area contributed by atoms with E-state index in [0.717, 1.165) is 12.0 Å². The highest BCUT2D eigenvalue weighted by molar-refractivity contribution is 8.00. The summed E-state index contributed by atoms with van der Waals surface area (Å²) in [5.74, 6) is 2.37. The summed E-state index contributed by atoms with van der Waals surface area (Å²) >= 11 is 2.14. The topological polar surface area (TPSA) is 12.0 Å². The average Bonchev–Trinajstić information content (AvgIpc) is 1.97. The molecule has 2 atom stereocenters. The van der Waals surface area contributed by atoms with E-state index in [4.69, 9.17) is 0 Å². The van der Waals surface area contributed by atoms with Gasteiger partial charge in [-0.25, -0.2) is 0 Å². The van der Waals surface area contributed by atoms with Crippen molar-refractivity contribution in [2.24, 2.45) is 5.92 Å². The van der Waals surface area contributed by atoms with E-state index in [1.807, 2.05) is 0 Å². The lowest BCUT2D eigenvalue weighted by molar-refractivity contribution is 0.240. The van der Waals surface area contributed by atoms with E-state index >= 15 is 0 Å². The molecule has 1 aliphatic heterocycles. The molecule has 2 rings (SSSR count). The summed E-state index contributed by atoms with van der Waals surface area (Å²) in [7, 11) is 0. The third-order valence-corrected chi connectivity index (χ3v) is 4.79. The zero-order valence-corrected chi connectivity index (χ0v) is 9.62. The molecule has 0 aromatic heterocycles. The molecule has 76 valence electrons. The van der Waals surface area contributed by atoms with Gasteiger partial charge in [-0.3, -0.25) is 0 Å². The van der Waals surface area contributed by atoms with E-state index in [2.05, 4.69) is 30.9 Å². The smallest absolute Gasteiger partial charge is 0.0621 e. The Labute approximate surface area is 86.0 Å². The van der Waals surface area contributed by atoms with Crippen LogP contribution >= 0.6 is 11.8 Å².